The molecule has 2 rings (SSSR count). The molecule has 0 aliphatic carbocycles. The second-order valence-electron chi connectivity index (χ2n) is 6.25. The smallest absolute Gasteiger partial charge is 0.306 e. The van der Waals surface area contributed by atoms with Crippen LogP contribution < -0.4 is 0 Å². The van der Waals surface area contributed by atoms with Gasteiger partial charge in [-0.25, -0.2) is 0 Å². The van der Waals surface area contributed by atoms with E-state index in [4.69, 9.17) is 4.74 Å². The largest absolute Gasteiger partial charge is 0.466 e. The lowest BCUT2D eigenvalue weighted by Gasteiger charge is -2.24. The van der Waals surface area contributed by atoms with E-state index in [2.05, 4.69) is 48.3 Å². The molecule has 0 radical (unpaired) electrons. The first-order valence-electron chi connectivity index (χ1n) is 8.59. The van der Waals surface area contributed by atoms with E-state index in [9.17, 15) is 4.79 Å². The quantitative estimate of drug-likeness (QED) is 0.654. The molecule has 1 unspecified atom stereocenters. The predicted octanol–water partition coefficient (Wildman–Crippen LogP) is 3.93. The van der Waals surface area contributed by atoms with Gasteiger partial charge < -0.3 is 9.64 Å². The van der Waals surface area contributed by atoms with Gasteiger partial charge in [-0.15, -0.1) is 0 Å². The molecule has 0 aromatic heterocycles. The molecule has 128 valence electrons. The van der Waals surface area contributed by atoms with Crippen LogP contribution in [-0.2, 0) is 22.5 Å². The van der Waals surface area contributed by atoms with Gasteiger partial charge in [-0.2, -0.15) is 0 Å². The lowest BCUT2D eigenvalue weighted by atomic mass is 9.95. The maximum absolute atomic E-state index is 11.9. The Kier molecular flexibility index (Phi) is 7.50. The molecule has 2 aromatic rings. The first-order valence-corrected chi connectivity index (χ1v) is 8.59. The van der Waals surface area contributed by atoms with Crippen molar-refractivity contribution in [1.82, 2.24) is 4.90 Å². The number of ether oxygens (including phenoxy) is 1. The van der Waals surface area contributed by atoms with E-state index in [1.807, 2.05) is 31.2 Å². The molecule has 0 fully saturated rings. The molecule has 0 amide bonds. The Morgan fingerprint density at radius 1 is 1.00 bits per heavy atom. The highest BCUT2D eigenvalue weighted by Crippen LogP contribution is 2.16. The monoisotopic (exact) mass is 325 g/mol. The summed E-state index contributed by atoms with van der Waals surface area (Å²) in [5.41, 5.74) is 2.55. The van der Waals surface area contributed by atoms with Gasteiger partial charge in [0.25, 0.3) is 0 Å². The van der Waals surface area contributed by atoms with Crippen LogP contribution in [0.15, 0.2) is 60.7 Å². The normalized spacial score (nSPS) is 12.1. The summed E-state index contributed by atoms with van der Waals surface area (Å²) in [6.07, 6.45) is 1.35. The molecule has 2 aromatic carbocycles. The van der Waals surface area contributed by atoms with Crippen molar-refractivity contribution in [3.8, 4) is 0 Å². The lowest BCUT2D eigenvalue weighted by Crippen LogP contribution is -2.28. The Morgan fingerprint density at radius 2 is 1.58 bits per heavy atom. The number of rotatable bonds is 9. The molecule has 0 bridgehead atoms. The van der Waals surface area contributed by atoms with Gasteiger partial charge in [0.15, 0.2) is 0 Å². The van der Waals surface area contributed by atoms with E-state index in [0.717, 1.165) is 19.5 Å². The highest BCUT2D eigenvalue weighted by Gasteiger charge is 2.17. The van der Waals surface area contributed by atoms with Crippen LogP contribution >= 0.6 is 0 Å². The number of carbonyl (C=O) groups is 1. The highest BCUT2D eigenvalue weighted by atomic mass is 16.5. The minimum absolute atomic E-state index is 0.105. The third kappa shape index (κ3) is 6.55. The number of esters is 1. The van der Waals surface area contributed by atoms with Crippen molar-refractivity contribution >= 4 is 5.97 Å². The molecule has 0 aliphatic heterocycles. The molecule has 0 aliphatic rings. The molecular formula is C21H27NO2. The van der Waals surface area contributed by atoms with Crippen LogP contribution in [0, 0.1) is 5.92 Å². The standard InChI is InChI=1S/C21H27NO2/c1-3-24-21(23)15-20(14-18-10-6-4-7-11-18)17-22(2)16-19-12-8-5-9-13-19/h4-13,20H,3,14-17H2,1-2H3. The average molecular weight is 325 g/mol. The Morgan fingerprint density at radius 3 is 2.17 bits per heavy atom. The second kappa shape index (κ2) is 9.89. The van der Waals surface area contributed by atoms with Crippen molar-refractivity contribution in [2.24, 2.45) is 5.92 Å². The van der Waals surface area contributed by atoms with Crippen molar-refractivity contribution in [2.75, 3.05) is 20.2 Å². The highest BCUT2D eigenvalue weighted by molar-refractivity contribution is 5.69. The molecule has 0 saturated carbocycles. The van der Waals surface area contributed by atoms with Crippen LogP contribution in [0.3, 0.4) is 0 Å². The van der Waals surface area contributed by atoms with E-state index in [-0.39, 0.29) is 11.9 Å². The molecule has 0 spiro atoms. The SMILES string of the molecule is CCOC(=O)CC(Cc1ccccc1)CN(C)Cc1ccccc1. The molecule has 3 nitrogen and oxygen atoms in total. The minimum atomic E-state index is -0.105. The van der Waals surface area contributed by atoms with Gasteiger partial charge in [0.2, 0.25) is 0 Å². The van der Waals surface area contributed by atoms with Crippen molar-refractivity contribution in [3.63, 3.8) is 0 Å². The first kappa shape index (κ1) is 18.2. The Bertz CT molecular complexity index is 598. The van der Waals surface area contributed by atoms with Gasteiger partial charge in [0.05, 0.1) is 6.61 Å². The fraction of sp³-hybridized carbons (Fsp3) is 0.381. The van der Waals surface area contributed by atoms with Crippen LogP contribution in [-0.4, -0.2) is 31.1 Å². The number of carbonyl (C=O) groups excluding carboxylic acids is 1. The zero-order valence-electron chi connectivity index (χ0n) is 14.7. The van der Waals surface area contributed by atoms with Gasteiger partial charge in [0, 0.05) is 19.5 Å². The molecule has 0 saturated heterocycles. The van der Waals surface area contributed by atoms with Crippen LogP contribution in [0.5, 0.6) is 0 Å². The zero-order chi connectivity index (χ0) is 17.2. The van der Waals surface area contributed by atoms with Crippen molar-refractivity contribution in [2.45, 2.75) is 26.3 Å². The maximum Gasteiger partial charge on any atom is 0.306 e. The molecule has 1 atom stereocenters. The molecule has 3 heteroatoms. The summed E-state index contributed by atoms with van der Waals surface area (Å²) < 4.78 is 5.15. The van der Waals surface area contributed by atoms with Crippen molar-refractivity contribution < 1.29 is 9.53 Å². The number of benzene rings is 2. The van der Waals surface area contributed by atoms with Crippen LogP contribution in [0.4, 0.5) is 0 Å². The number of nitrogens with zero attached hydrogens (tertiary/aromatic N) is 1. The topological polar surface area (TPSA) is 29.5 Å². The summed E-state index contributed by atoms with van der Waals surface area (Å²) in [5.74, 6) is 0.145. The number of hydrogen-bond acceptors (Lipinski definition) is 3. The average Bonchev–Trinajstić information content (AvgIpc) is 2.56. The maximum atomic E-state index is 11.9. The zero-order valence-corrected chi connectivity index (χ0v) is 14.7. The molecule has 0 heterocycles. The van der Waals surface area contributed by atoms with E-state index in [1.54, 1.807) is 0 Å². The summed E-state index contributed by atoms with van der Waals surface area (Å²) in [7, 11) is 2.11. The summed E-state index contributed by atoms with van der Waals surface area (Å²) in [5, 5.41) is 0. The summed E-state index contributed by atoms with van der Waals surface area (Å²) in [6.45, 7) is 4.04. The van der Waals surface area contributed by atoms with Gasteiger partial charge in [-0.05, 0) is 37.4 Å². The third-order valence-electron chi connectivity index (χ3n) is 3.99. The van der Waals surface area contributed by atoms with E-state index in [0.29, 0.717) is 13.0 Å². The third-order valence-corrected chi connectivity index (χ3v) is 3.99. The Labute approximate surface area is 145 Å². The summed E-state index contributed by atoms with van der Waals surface area (Å²) in [6, 6.07) is 20.8. The van der Waals surface area contributed by atoms with Gasteiger partial charge in [0.1, 0.15) is 0 Å². The molecule has 0 N–H and O–H groups in total. The summed E-state index contributed by atoms with van der Waals surface area (Å²) in [4.78, 5) is 14.2. The van der Waals surface area contributed by atoms with E-state index < -0.39 is 0 Å². The van der Waals surface area contributed by atoms with E-state index >= 15 is 0 Å². The first-order chi connectivity index (χ1) is 11.7. The van der Waals surface area contributed by atoms with Crippen LogP contribution in [0.2, 0.25) is 0 Å². The fourth-order valence-corrected chi connectivity index (χ4v) is 3.00. The molecule has 24 heavy (non-hydrogen) atoms. The fourth-order valence-electron chi connectivity index (χ4n) is 3.00. The van der Waals surface area contributed by atoms with Crippen molar-refractivity contribution in [3.05, 3.63) is 71.8 Å². The lowest BCUT2D eigenvalue weighted by molar-refractivity contribution is -0.144. The Balaban J connectivity index is 1.97. The van der Waals surface area contributed by atoms with Crippen LogP contribution in [0.25, 0.3) is 0 Å². The Hall–Kier alpha value is -2.13. The van der Waals surface area contributed by atoms with Gasteiger partial charge >= 0.3 is 5.97 Å². The summed E-state index contributed by atoms with van der Waals surface area (Å²) >= 11 is 0. The molecular weight excluding hydrogens is 298 g/mol. The van der Waals surface area contributed by atoms with Gasteiger partial charge in [-0.3, -0.25) is 4.79 Å². The second-order valence-corrected chi connectivity index (χ2v) is 6.25. The van der Waals surface area contributed by atoms with Gasteiger partial charge in [-0.1, -0.05) is 60.7 Å². The van der Waals surface area contributed by atoms with Crippen molar-refractivity contribution in [1.29, 1.82) is 0 Å². The van der Waals surface area contributed by atoms with E-state index in [1.165, 1.54) is 11.1 Å². The minimum Gasteiger partial charge on any atom is -0.466 e. The predicted molar refractivity (Wildman–Crippen MR) is 97.7 cm³/mol. The number of hydrogen-bond donors (Lipinski definition) is 0. The van der Waals surface area contributed by atoms with Crippen LogP contribution in [0.1, 0.15) is 24.5 Å².